The summed E-state index contributed by atoms with van der Waals surface area (Å²) >= 11 is 0. The molecular weight excluding hydrogens is 336 g/mol. The molecule has 0 radical (unpaired) electrons. The van der Waals surface area contributed by atoms with Crippen LogP contribution < -0.4 is 5.32 Å². The molecular formula is C19H30N2O5. The highest BCUT2D eigenvalue weighted by Gasteiger charge is 2.70. The first-order valence-electron chi connectivity index (χ1n) is 9.26. The second-order valence-electron chi connectivity index (χ2n) is 9.45. The van der Waals surface area contributed by atoms with Crippen molar-refractivity contribution in [2.45, 2.75) is 46.7 Å². The Hall–Kier alpha value is -1.63. The molecule has 7 nitrogen and oxygen atoms in total. The number of nitrogens with zero attached hydrogens (tertiary/aromatic N) is 1. The monoisotopic (exact) mass is 366 g/mol. The Morgan fingerprint density at radius 1 is 1.23 bits per heavy atom. The van der Waals surface area contributed by atoms with Gasteiger partial charge in [0.05, 0.1) is 26.2 Å². The van der Waals surface area contributed by atoms with Crippen molar-refractivity contribution in [3.05, 3.63) is 0 Å². The number of hydrogen-bond acceptors (Lipinski definition) is 5. The molecule has 0 spiro atoms. The minimum atomic E-state index is -0.691. The van der Waals surface area contributed by atoms with E-state index < -0.39 is 17.5 Å². The molecule has 2 heterocycles. The first-order chi connectivity index (χ1) is 12.0. The fraction of sp³-hybridized carbons (Fsp3) is 0.842. The zero-order valence-corrected chi connectivity index (χ0v) is 16.5. The van der Waals surface area contributed by atoms with Crippen molar-refractivity contribution < 1.29 is 23.9 Å². The van der Waals surface area contributed by atoms with Crippen molar-refractivity contribution >= 4 is 17.8 Å². The summed E-state index contributed by atoms with van der Waals surface area (Å²) in [6.45, 7) is 11.3. The predicted molar refractivity (Wildman–Crippen MR) is 94.0 cm³/mol. The lowest BCUT2D eigenvalue weighted by atomic mass is 9.84. The number of hydrogen-bond donors (Lipinski definition) is 1. The van der Waals surface area contributed by atoms with Crippen molar-refractivity contribution in [2.24, 2.45) is 28.6 Å². The van der Waals surface area contributed by atoms with Gasteiger partial charge in [0.25, 0.3) is 0 Å². The number of fused-ring (bicyclic) bond motifs is 1. The van der Waals surface area contributed by atoms with E-state index in [0.717, 1.165) is 0 Å². The van der Waals surface area contributed by atoms with Crippen LogP contribution in [-0.4, -0.2) is 61.6 Å². The molecule has 0 aromatic heterocycles. The number of amides is 2. The van der Waals surface area contributed by atoms with Crippen molar-refractivity contribution in [1.29, 1.82) is 0 Å². The van der Waals surface area contributed by atoms with E-state index in [0.29, 0.717) is 25.7 Å². The molecule has 0 aromatic rings. The summed E-state index contributed by atoms with van der Waals surface area (Å²) in [4.78, 5) is 39.7. The summed E-state index contributed by atoms with van der Waals surface area (Å²) in [7, 11) is 1.35. The van der Waals surface area contributed by atoms with Gasteiger partial charge in [0.2, 0.25) is 11.8 Å². The number of likely N-dealkylation sites (tertiary alicyclic amines) is 1. The molecule has 0 aromatic carbocycles. The van der Waals surface area contributed by atoms with Crippen LogP contribution >= 0.6 is 0 Å². The summed E-state index contributed by atoms with van der Waals surface area (Å²) in [5.74, 6) is -0.520. The Labute approximate surface area is 154 Å². The number of nitrogens with one attached hydrogen (secondary N) is 1. The van der Waals surface area contributed by atoms with E-state index in [9.17, 15) is 14.4 Å². The lowest BCUT2D eigenvalue weighted by Gasteiger charge is -2.38. The SMILES string of the molecule is COC(=O)[C@@H]1[C@@H]2[C@H](CN1C(=O)[C@@H](NC(=O)C1COC1)C(C)(C)C)C2(C)C. The molecule has 3 rings (SSSR count). The predicted octanol–water partition coefficient (Wildman–Crippen LogP) is 0.820. The van der Waals surface area contributed by atoms with E-state index in [2.05, 4.69) is 19.2 Å². The van der Waals surface area contributed by atoms with Crippen LogP contribution in [0.5, 0.6) is 0 Å². The fourth-order valence-corrected chi connectivity index (χ4v) is 4.36. The largest absolute Gasteiger partial charge is 0.467 e. The number of rotatable bonds is 4. The summed E-state index contributed by atoms with van der Waals surface area (Å²) in [5, 5.41) is 2.90. The highest BCUT2D eigenvalue weighted by atomic mass is 16.5. The van der Waals surface area contributed by atoms with Crippen LogP contribution in [0.2, 0.25) is 0 Å². The first-order valence-corrected chi connectivity index (χ1v) is 9.26. The van der Waals surface area contributed by atoms with E-state index in [1.807, 2.05) is 20.8 Å². The third kappa shape index (κ3) is 3.00. The molecule has 4 atom stereocenters. The van der Waals surface area contributed by atoms with Crippen LogP contribution in [-0.2, 0) is 23.9 Å². The highest BCUT2D eigenvalue weighted by Crippen LogP contribution is 2.65. The van der Waals surface area contributed by atoms with Crippen molar-refractivity contribution in [3.8, 4) is 0 Å². The third-order valence-corrected chi connectivity index (χ3v) is 6.34. The van der Waals surface area contributed by atoms with Gasteiger partial charge in [0.15, 0.2) is 0 Å². The number of methoxy groups -OCH3 is 1. The third-order valence-electron chi connectivity index (χ3n) is 6.34. The van der Waals surface area contributed by atoms with Gasteiger partial charge in [0, 0.05) is 12.5 Å². The number of carbonyl (C=O) groups excluding carboxylic acids is 3. The number of piperidine rings is 1. The molecule has 0 bridgehead atoms. The van der Waals surface area contributed by atoms with Gasteiger partial charge in [-0.1, -0.05) is 34.6 Å². The first kappa shape index (κ1) is 19.1. The minimum absolute atomic E-state index is 0.0411. The molecule has 1 saturated carbocycles. The molecule has 1 N–H and O–H groups in total. The average molecular weight is 366 g/mol. The van der Waals surface area contributed by atoms with Crippen molar-refractivity contribution in [2.75, 3.05) is 26.9 Å². The maximum Gasteiger partial charge on any atom is 0.328 e. The van der Waals surface area contributed by atoms with Crippen LogP contribution in [0.3, 0.4) is 0 Å². The zero-order chi connectivity index (χ0) is 19.4. The Kier molecular flexibility index (Phi) is 4.58. The molecule has 26 heavy (non-hydrogen) atoms. The second-order valence-corrected chi connectivity index (χ2v) is 9.45. The average Bonchev–Trinajstić information content (AvgIpc) is 2.84. The molecule has 3 aliphatic rings. The van der Waals surface area contributed by atoms with Gasteiger partial charge < -0.3 is 19.7 Å². The van der Waals surface area contributed by atoms with Crippen molar-refractivity contribution in [3.63, 3.8) is 0 Å². The van der Waals surface area contributed by atoms with Crippen molar-refractivity contribution in [1.82, 2.24) is 10.2 Å². The fourth-order valence-electron chi connectivity index (χ4n) is 4.36. The molecule has 2 saturated heterocycles. The van der Waals surface area contributed by atoms with Gasteiger partial charge in [-0.3, -0.25) is 9.59 Å². The molecule has 1 aliphatic carbocycles. The topological polar surface area (TPSA) is 84.9 Å². The quantitative estimate of drug-likeness (QED) is 0.745. The Balaban J connectivity index is 1.79. The normalized spacial score (nSPS) is 30.8. The molecule has 3 fully saturated rings. The maximum absolute atomic E-state index is 13.3. The maximum atomic E-state index is 13.3. The molecule has 7 heteroatoms. The summed E-state index contributed by atoms with van der Waals surface area (Å²) in [5.41, 5.74) is -0.431. The van der Waals surface area contributed by atoms with E-state index >= 15 is 0 Å². The molecule has 146 valence electrons. The van der Waals surface area contributed by atoms with E-state index in [1.54, 1.807) is 4.90 Å². The second kappa shape index (κ2) is 6.22. The van der Waals surface area contributed by atoms with E-state index in [1.165, 1.54) is 7.11 Å². The van der Waals surface area contributed by atoms with Crippen LogP contribution in [0.1, 0.15) is 34.6 Å². The standard InChI is InChI=1S/C19H30N2O5/c1-18(2,3)14(20-15(22)10-8-26-9-10)16(23)21-7-11-12(19(11,4)5)13(21)17(24)25-6/h10-14H,7-9H2,1-6H3,(H,20,22)/t11-,12-,13-,14+/m0/s1. The number of ether oxygens (including phenoxy) is 2. The van der Waals surface area contributed by atoms with Crippen LogP contribution in [0, 0.1) is 28.6 Å². The minimum Gasteiger partial charge on any atom is -0.467 e. The van der Waals surface area contributed by atoms with E-state index in [-0.39, 0.29) is 35.0 Å². The van der Waals surface area contributed by atoms with Gasteiger partial charge >= 0.3 is 5.97 Å². The van der Waals surface area contributed by atoms with Crippen LogP contribution in [0.15, 0.2) is 0 Å². The van der Waals surface area contributed by atoms with Crippen LogP contribution in [0.4, 0.5) is 0 Å². The van der Waals surface area contributed by atoms with Gasteiger partial charge in [0.1, 0.15) is 12.1 Å². The van der Waals surface area contributed by atoms with Gasteiger partial charge in [-0.05, 0) is 16.7 Å². The zero-order valence-electron chi connectivity index (χ0n) is 16.5. The van der Waals surface area contributed by atoms with Gasteiger partial charge in [-0.2, -0.15) is 0 Å². The molecule has 2 amide bonds. The smallest absolute Gasteiger partial charge is 0.328 e. The van der Waals surface area contributed by atoms with Gasteiger partial charge in [-0.15, -0.1) is 0 Å². The van der Waals surface area contributed by atoms with Crippen LogP contribution in [0.25, 0.3) is 0 Å². The number of carbonyl (C=O) groups is 3. The summed E-state index contributed by atoms with van der Waals surface area (Å²) in [6.07, 6.45) is 0. The number of esters is 1. The highest BCUT2D eigenvalue weighted by molar-refractivity contribution is 5.93. The molecule has 2 aliphatic heterocycles. The summed E-state index contributed by atoms with van der Waals surface area (Å²) < 4.78 is 10.1. The Morgan fingerprint density at radius 3 is 2.31 bits per heavy atom. The Morgan fingerprint density at radius 2 is 1.85 bits per heavy atom. The van der Waals surface area contributed by atoms with E-state index in [4.69, 9.17) is 9.47 Å². The Bertz CT molecular complexity index is 620. The lowest BCUT2D eigenvalue weighted by Crippen LogP contribution is -2.60. The van der Waals surface area contributed by atoms with Gasteiger partial charge in [-0.25, -0.2) is 4.79 Å². The summed E-state index contributed by atoms with van der Waals surface area (Å²) in [6, 6.07) is -1.26. The molecule has 0 unspecified atom stereocenters. The lowest BCUT2D eigenvalue weighted by molar-refractivity contribution is -0.156.